The number of carboxylic acid groups (broad SMARTS) is 1. The van der Waals surface area contributed by atoms with Crippen LogP contribution in [0.25, 0.3) is 11.6 Å². The summed E-state index contributed by atoms with van der Waals surface area (Å²) >= 11 is 3.41. The number of carboxylic acids is 1. The van der Waals surface area contributed by atoms with Crippen LogP contribution in [0.3, 0.4) is 0 Å². The highest BCUT2D eigenvalue weighted by Crippen LogP contribution is 2.37. The van der Waals surface area contributed by atoms with Gasteiger partial charge in [0.05, 0.1) is 11.1 Å². The Labute approximate surface area is 191 Å². The molecule has 0 amide bonds. The quantitative estimate of drug-likeness (QED) is 0.378. The Balaban J connectivity index is 1.86. The molecule has 0 saturated heterocycles. The molecular formula is C26H16BrFO4. The molecular weight excluding hydrogens is 475 g/mol. The van der Waals surface area contributed by atoms with Crippen molar-refractivity contribution in [2.24, 2.45) is 0 Å². The Bertz CT molecular complexity index is 1340. The van der Waals surface area contributed by atoms with E-state index in [1.807, 2.05) is 0 Å². The molecule has 0 aromatic heterocycles. The van der Waals surface area contributed by atoms with E-state index in [0.717, 1.165) is 4.47 Å². The van der Waals surface area contributed by atoms with Crippen molar-refractivity contribution in [1.82, 2.24) is 0 Å². The molecule has 3 aromatic rings. The number of aromatic carboxylic acids is 1. The summed E-state index contributed by atoms with van der Waals surface area (Å²) in [6, 6.07) is 17.5. The Morgan fingerprint density at radius 1 is 0.969 bits per heavy atom. The summed E-state index contributed by atoms with van der Waals surface area (Å²) in [5.74, 6) is -2.58. The molecule has 0 bridgehead atoms. The van der Waals surface area contributed by atoms with Crippen molar-refractivity contribution in [2.75, 3.05) is 0 Å². The maximum atomic E-state index is 14.8. The molecule has 0 radical (unpaired) electrons. The number of carbonyl (C=O) groups is 3. The van der Waals surface area contributed by atoms with E-state index >= 15 is 0 Å². The lowest BCUT2D eigenvalue weighted by Crippen LogP contribution is -2.22. The maximum absolute atomic E-state index is 14.8. The van der Waals surface area contributed by atoms with Gasteiger partial charge in [-0.3, -0.25) is 9.59 Å². The van der Waals surface area contributed by atoms with Gasteiger partial charge in [-0.05, 0) is 53.1 Å². The van der Waals surface area contributed by atoms with Crippen LogP contribution in [0.2, 0.25) is 0 Å². The van der Waals surface area contributed by atoms with Crippen LogP contribution in [0.5, 0.6) is 0 Å². The van der Waals surface area contributed by atoms with Gasteiger partial charge in [-0.25, -0.2) is 9.18 Å². The van der Waals surface area contributed by atoms with Crippen LogP contribution >= 0.6 is 15.9 Å². The molecule has 0 saturated carbocycles. The van der Waals surface area contributed by atoms with Gasteiger partial charge in [0, 0.05) is 22.0 Å². The highest BCUT2D eigenvalue weighted by Gasteiger charge is 2.31. The first-order valence-electron chi connectivity index (χ1n) is 9.72. The van der Waals surface area contributed by atoms with Gasteiger partial charge >= 0.3 is 5.97 Å². The zero-order chi connectivity index (χ0) is 22.8. The Hall–Kier alpha value is -3.64. The molecule has 6 heteroatoms. The number of halogens is 2. The average molecular weight is 491 g/mol. The van der Waals surface area contributed by atoms with Gasteiger partial charge in [-0.15, -0.1) is 0 Å². The van der Waals surface area contributed by atoms with Gasteiger partial charge in [0.25, 0.3) is 0 Å². The number of hydrogen-bond donors (Lipinski definition) is 1. The van der Waals surface area contributed by atoms with Gasteiger partial charge < -0.3 is 5.11 Å². The van der Waals surface area contributed by atoms with Crippen LogP contribution < -0.4 is 0 Å². The fourth-order valence-electron chi connectivity index (χ4n) is 3.71. The lowest BCUT2D eigenvalue weighted by atomic mass is 9.80. The molecule has 0 aliphatic heterocycles. The van der Waals surface area contributed by atoms with Crippen molar-refractivity contribution >= 4 is 45.1 Å². The SMILES string of the molecule is O=C(C=Cc1cccc(C(=O)O)c1)C1=C(c2ccccc2F)c2cc(Br)ccc2CC1=O. The van der Waals surface area contributed by atoms with Gasteiger partial charge in [-0.1, -0.05) is 58.4 Å². The number of rotatable bonds is 5. The first-order valence-corrected chi connectivity index (χ1v) is 10.5. The predicted octanol–water partition coefficient (Wildman–Crippen LogP) is 5.50. The predicted molar refractivity (Wildman–Crippen MR) is 123 cm³/mol. The molecule has 4 nitrogen and oxygen atoms in total. The van der Waals surface area contributed by atoms with E-state index < -0.39 is 23.4 Å². The van der Waals surface area contributed by atoms with Crippen LogP contribution in [0.15, 0.2) is 82.9 Å². The van der Waals surface area contributed by atoms with Crippen LogP contribution in [-0.2, 0) is 16.0 Å². The number of carbonyl (C=O) groups excluding carboxylic acids is 2. The highest BCUT2D eigenvalue weighted by molar-refractivity contribution is 9.10. The molecule has 0 unspecified atom stereocenters. The summed E-state index contributed by atoms with van der Waals surface area (Å²) in [7, 11) is 0. The maximum Gasteiger partial charge on any atom is 0.335 e. The number of allylic oxidation sites excluding steroid dienone is 2. The molecule has 0 fully saturated rings. The monoisotopic (exact) mass is 490 g/mol. The number of ketones is 2. The van der Waals surface area contributed by atoms with Gasteiger partial charge in [0.2, 0.25) is 0 Å². The second-order valence-electron chi connectivity index (χ2n) is 7.26. The number of fused-ring (bicyclic) bond motifs is 1. The average Bonchev–Trinajstić information content (AvgIpc) is 2.77. The Morgan fingerprint density at radius 2 is 1.75 bits per heavy atom. The first-order chi connectivity index (χ1) is 15.3. The summed E-state index contributed by atoms with van der Waals surface area (Å²) in [5.41, 5.74) is 2.25. The van der Waals surface area contributed by atoms with E-state index in [2.05, 4.69) is 15.9 Å². The Morgan fingerprint density at radius 3 is 2.50 bits per heavy atom. The van der Waals surface area contributed by atoms with Crippen LogP contribution in [0, 0.1) is 5.82 Å². The minimum Gasteiger partial charge on any atom is -0.478 e. The molecule has 0 spiro atoms. The molecule has 158 valence electrons. The van der Waals surface area contributed by atoms with E-state index in [1.165, 1.54) is 30.4 Å². The van der Waals surface area contributed by atoms with Crippen LogP contribution in [0.4, 0.5) is 4.39 Å². The lowest BCUT2D eigenvalue weighted by Gasteiger charge is -2.22. The molecule has 1 N–H and O–H groups in total. The zero-order valence-corrected chi connectivity index (χ0v) is 18.2. The van der Waals surface area contributed by atoms with E-state index in [9.17, 15) is 18.8 Å². The first kappa shape index (κ1) is 21.6. The minimum atomic E-state index is -1.08. The van der Waals surface area contributed by atoms with Crippen molar-refractivity contribution in [3.8, 4) is 0 Å². The number of benzene rings is 3. The van der Waals surface area contributed by atoms with E-state index in [1.54, 1.807) is 48.5 Å². The number of Topliss-reactive ketones (excluding diaryl/α,β-unsaturated/α-hetero) is 1. The summed E-state index contributed by atoms with van der Waals surface area (Å²) in [5, 5.41) is 9.14. The third kappa shape index (κ3) is 4.22. The lowest BCUT2D eigenvalue weighted by molar-refractivity contribution is -0.119. The van der Waals surface area contributed by atoms with E-state index in [-0.39, 0.29) is 28.7 Å². The Kier molecular flexibility index (Phi) is 5.97. The smallest absolute Gasteiger partial charge is 0.335 e. The third-order valence-electron chi connectivity index (χ3n) is 5.17. The molecule has 3 aromatic carbocycles. The molecule has 1 aliphatic rings. The number of hydrogen-bond acceptors (Lipinski definition) is 3. The fourth-order valence-corrected chi connectivity index (χ4v) is 4.07. The van der Waals surface area contributed by atoms with Crippen molar-refractivity contribution < 1.29 is 23.9 Å². The van der Waals surface area contributed by atoms with E-state index in [0.29, 0.717) is 16.7 Å². The second kappa shape index (κ2) is 8.85. The van der Waals surface area contributed by atoms with Crippen molar-refractivity contribution in [2.45, 2.75) is 6.42 Å². The fraction of sp³-hybridized carbons (Fsp3) is 0.0385. The molecule has 0 atom stereocenters. The van der Waals surface area contributed by atoms with Crippen molar-refractivity contribution in [3.05, 3.63) is 116 Å². The molecule has 1 aliphatic carbocycles. The molecule has 0 heterocycles. The summed E-state index contributed by atoms with van der Waals surface area (Å²) in [6.45, 7) is 0. The van der Waals surface area contributed by atoms with Gasteiger partial charge in [0.1, 0.15) is 5.82 Å². The summed E-state index contributed by atoms with van der Waals surface area (Å²) < 4.78 is 15.5. The molecule has 32 heavy (non-hydrogen) atoms. The normalized spacial score (nSPS) is 13.4. The minimum absolute atomic E-state index is 0.0317. The van der Waals surface area contributed by atoms with Gasteiger partial charge in [0.15, 0.2) is 11.6 Å². The van der Waals surface area contributed by atoms with E-state index in [4.69, 9.17) is 5.11 Å². The highest BCUT2D eigenvalue weighted by atomic mass is 79.9. The molecule has 4 rings (SSSR count). The van der Waals surface area contributed by atoms with Crippen molar-refractivity contribution in [1.29, 1.82) is 0 Å². The summed E-state index contributed by atoms with van der Waals surface area (Å²) in [6.07, 6.45) is 2.70. The topological polar surface area (TPSA) is 71.4 Å². The third-order valence-corrected chi connectivity index (χ3v) is 5.66. The second-order valence-corrected chi connectivity index (χ2v) is 8.18. The van der Waals surface area contributed by atoms with Crippen LogP contribution in [0.1, 0.15) is 32.6 Å². The van der Waals surface area contributed by atoms with Crippen molar-refractivity contribution in [3.63, 3.8) is 0 Å². The summed E-state index contributed by atoms with van der Waals surface area (Å²) in [4.78, 5) is 37.4. The van der Waals surface area contributed by atoms with Gasteiger partial charge in [-0.2, -0.15) is 0 Å². The van der Waals surface area contributed by atoms with Crippen LogP contribution in [-0.4, -0.2) is 22.6 Å². The standard InChI is InChI=1S/C26H16BrFO4/c27-18-10-9-16-13-23(30)25(24(20(16)14-18)19-6-1-2-7-21(19)28)22(29)11-8-15-4-3-5-17(12-15)26(31)32/h1-12,14H,13H2,(H,31,32). The zero-order valence-electron chi connectivity index (χ0n) is 16.6. The largest absolute Gasteiger partial charge is 0.478 e.